The lowest BCUT2D eigenvalue weighted by Gasteiger charge is -2.25. The number of imide groups is 1. The number of hydrogen-bond donors (Lipinski definition) is 3. The maximum absolute atomic E-state index is 12.0. The molecule has 0 saturated heterocycles. The van der Waals surface area contributed by atoms with Crippen molar-refractivity contribution in [1.82, 2.24) is 16.0 Å². The second-order valence-electron chi connectivity index (χ2n) is 7.77. The summed E-state index contributed by atoms with van der Waals surface area (Å²) in [6.07, 6.45) is 0. The average Bonchev–Trinajstić information content (AvgIpc) is 2.54. The summed E-state index contributed by atoms with van der Waals surface area (Å²) < 4.78 is 4.84. The normalized spacial score (nSPS) is 12.7. The predicted octanol–water partition coefficient (Wildman–Crippen LogP) is 2.74. The first kappa shape index (κ1) is 22.1. The van der Waals surface area contributed by atoms with E-state index in [0.29, 0.717) is 19.1 Å². The molecule has 26 heavy (non-hydrogen) atoms. The second kappa shape index (κ2) is 10.3. The maximum atomic E-state index is 12.0. The number of amides is 3. The molecule has 0 aromatic heterocycles. The zero-order valence-corrected chi connectivity index (χ0v) is 16.8. The van der Waals surface area contributed by atoms with Crippen molar-refractivity contribution in [1.29, 1.82) is 0 Å². The van der Waals surface area contributed by atoms with Gasteiger partial charge in [-0.3, -0.25) is 10.1 Å². The van der Waals surface area contributed by atoms with E-state index >= 15 is 0 Å². The molecular formula is C20H33N3O3. The van der Waals surface area contributed by atoms with E-state index in [0.717, 1.165) is 5.56 Å². The fraction of sp³-hybridized carbons (Fsp3) is 0.600. The van der Waals surface area contributed by atoms with Crippen LogP contribution in [0.2, 0.25) is 0 Å². The Balaban J connectivity index is 2.60. The fourth-order valence-corrected chi connectivity index (χ4v) is 2.61. The molecule has 1 aromatic rings. The van der Waals surface area contributed by atoms with Gasteiger partial charge >= 0.3 is 6.03 Å². The predicted molar refractivity (Wildman–Crippen MR) is 104 cm³/mol. The number of rotatable bonds is 8. The van der Waals surface area contributed by atoms with E-state index in [1.54, 1.807) is 7.11 Å². The molecule has 1 unspecified atom stereocenters. The van der Waals surface area contributed by atoms with Gasteiger partial charge in [-0.1, -0.05) is 58.9 Å². The summed E-state index contributed by atoms with van der Waals surface area (Å²) in [5.41, 5.74) is 2.51. The molecule has 0 saturated carbocycles. The lowest BCUT2D eigenvalue weighted by Crippen LogP contribution is -2.45. The molecule has 6 nitrogen and oxygen atoms in total. The third kappa shape index (κ3) is 7.54. The van der Waals surface area contributed by atoms with Gasteiger partial charge in [0.05, 0.1) is 13.2 Å². The summed E-state index contributed by atoms with van der Waals surface area (Å²) in [6, 6.07) is 8.00. The summed E-state index contributed by atoms with van der Waals surface area (Å²) in [5.74, 6) is -0.0595. The van der Waals surface area contributed by atoms with Crippen LogP contribution < -0.4 is 16.0 Å². The molecule has 0 aliphatic heterocycles. The smallest absolute Gasteiger partial charge is 0.321 e. The molecule has 0 spiro atoms. The van der Waals surface area contributed by atoms with Crippen LogP contribution in [0.1, 0.15) is 51.8 Å². The van der Waals surface area contributed by atoms with E-state index in [1.807, 2.05) is 0 Å². The van der Waals surface area contributed by atoms with Gasteiger partial charge in [-0.25, -0.2) is 4.79 Å². The van der Waals surface area contributed by atoms with E-state index in [9.17, 15) is 9.59 Å². The van der Waals surface area contributed by atoms with Gasteiger partial charge in [-0.15, -0.1) is 0 Å². The molecule has 146 valence electrons. The zero-order chi connectivity index (χ0) is 19.7. The molecular weight excluding hydrogens is 330 g/mol. The van der Waals surface area contributed by atoms with Gasteiger partial charge in [-0.2, -0.15) is 0 Å². The molecule has 0 bridgehead atoms. The molecule has 3 N–H and O–H groups in total. The highest BCUT2D eigenvalue weighted by molar-refractivity contribution is 5.95. The minimum Gasteiger partial charge on any atom is -0.383 e. The molecule has 1 rings (SSSR count). The standard InChI is InChI=1S/C20H33N3O3/c1-14(2)18(15-7-9-16(10-8-15)20(3,4)5)22-13-17(24)23-19(25)21-11-12-26-6/h7-10,14,18,22H,11-13H2,1-6H3,(H2,21,23,24,25). The molecule has 3 amide bonds. The Bertz CT molecular complexity index is 577. The van der Waals surface area contributed by atoms with Crippen molar-refractivity contribution in [2.45, 2.75) is 46.1 Å². The van der Waals surface area contributed by atoms with Crippen LogP contribution in [0.3, 0.4) is 0 Å². The van der Waals surface area contributed by atoms with Crippen LogP contribution in [-0.4, -0.2) is 38.7 Å². The van der Waals surface area contributed by atoms with E-state index in [2.05, 4.69) is 74.8 Å². The summed E-state index contributed by atoms with van der Waals surface area (Å²) in [4.78, 5) is 23.5. The molecule has 1 aromatic carbocycles. The van der Waals surface area contributed by atoms with E-state index in [1.165, 1.54) is 5.56 Å². The van der Waals surface area contributed by atoms with Crippen LogP contribution in [0.25, 0.3) is 0 Å². The largest absolute Gasteiger partial charge is 0.383 e. The van der Waals surface area contributed by atoms with Gasteiger partial charge in [0.1, 0.15) is 0 Å². The fourth-order valence-electron chi connectivity index (χ4n) is 2.61. The van der Waals surface area contributed by atoms with E-state index in [-0.39, 0.29) is 23.9 Å². The third-order valence-corrected chi connectivity index (χ3v) is 4.13. The quantitative estimate of drug-likeness (QED) is 0.621. The number of methoxy groups -OCH3 is 1. The molecule has 0 heterocycles. The van der Waals surface area contributed by atoms with Crippen molar-refractivity contribution >= 4 is 11.9 Å². The van der Waals surface area contributed by atoms with Crippen molar-refractivity contribution in [3.8, 4) is 0 Å². The first-order valence-corrected chi connectivity index (χ1v) is 9.05. The highest BCUT2D eigenvalue weighted by Gasteiger charge is 2.19. The molecule has 0 aliphatic carbocycles. The van der Waals surface area contributed by atoms with E-state index in [4.69, 9.17) is 4.74 Å². The Morgan fingerprint density at radius 3 is 2.23 bits per heavy atom. The Morgan fingerprint density at radius 1 is 1.12 bits per heavy atom. The number of hydrogen-bond acceptors (Lipinski definition) is 4. The van der Waals surface area contributed by atoms with Gasteiger partial charge in [0, 0.05) is 19.7 Å². The number of nitrogens with one attached hydrogen (secondary N) is 3. The first-order valence-electron chi connectivity index (χ1n) is 9.05. The van der Waals surface area contributed by atoms with Crippen molar-refractivity contribution in [3.05, 3.63) is 35.4 Å². The van der Waals surface area contributed by atoms with Gasteiger partial charge in [0.25, 0.3) is 0 Å². The Hall–Kier alpha value is -1.92. The maximum Gasteiger partial charge on any atom is 0.321 e. The van der Waals surface area contributed by atoms with Crippen LogP contribution in [0.5, 0.6) is 0 Å². The topological polar surface area (TPSA) is 79.5 Å². The number of carbonyl (C=O) groups is 2. The second-order valence-corrected chi connectivity index (χ2v) is 7.77. The lowest BCUT2D eigenvalue weighted by molar-refractivity contribution is -0.119. The molecule has 0 fully saturated rings. The monoisotopic (exact) mass is 363 g/mol. The molecule has 6 heteroatoms. The Morgan fingerprint density at radius 2 is 1.73 bits per heavy atom. The van der Waals surface area contributed by atoms with Gasteiger partial charge in [0.2, 0.25) is 5.91 Å². The minimum atomic E-state index is -0.510. The SMILES string of the molecule is COCCNC(=O)NC(=O)CNC(c1ccc(C(C)(C)C)cc1)C(C)C. The molecule has 0 aliphatic rings. The average molecular weight is 364 g/mol. The van der Waals surface area contributed by atoms with Crippen molar-refractivity contribution in [2.75, 3.05) is 26.8 Å². The minimum absolute atomic E-state index is 0.0336. The number of ether oxygens (including phenoxy) is 1. The zero-order valence-electron chi connectivity index (χ0n) is 16.8. The number of carbonyl (C=O) groups excluding carboxylic acids is 2. The summed E-state index contributed by atoms with van der Waals surface area (Å²) in [7, 11) is 1.55. The Kier molecular flexibility index (Phi) is 8.75. The highest BCUT2D eigenvalue weighted by atomic mass is 16.5. The highest BCUT2D eigenvalue weighted by Crippen LogP contribution is 2.26. The number of benzene rings is 1. The van der Waals surface area contributed by atoms with Crippen molar-refractivity contribution in [2.24, 2.45) is 5.92 Å². The summed E-state index contributed by atoms with van der Waals surface area (Å²) in [5, 5.41) is 8.11. The third-order valence-electron chi connectivity index (χ3n) is 4.13. The van der Waals surface area contributed by atoms with Crippen molar-refractivity contribution in [3.63, 3.8) is 0 Å². The molecule has 0 radical (unpaired) electrons. The van der Waals surface area contributed by atoms with Crippen LogP contribution in [0.15, 0.2) is 24.3 Å². The van der Waals surface area contributed by atoms with Crippen molar-refractivity contribution < 1.29 is 14.3 Å². The van der Waals surface area contributed by atoms with Crippen LogP contribution in [0, 0.1) is 5.92 Å². The first-order chi connectivity index (χ1) is 12.1. The van der Waals surface area contributed by atoms with Gasteiger partial charge < -0.3 is 15.4 Å². The molecule has 1 atom stereocenters. The van der Waals surface area contributed by atoms with Crippen LogP contribution >= 0.6 is 0 Å². The van der Waals surface area contributed by atoms with E-state index < -0.39 is 6.03 Å². The number of urea groups is 1. The van der Waals surface area contributed by atoms with Gasteiger partial charge in [0.15, 0.2) is 0 Å². The summed E-state index contributed by atoms with van der Waals surface area (Å²) in [6.45, 7) is 11.6. The van der Waals surface area contributed by atoms with Crippen LogP contribution in [0.4, 0.5) is 4.79 Å². The lowest BCUT2D eigenvalue weighted by atomic mass is 9.85. The Labute approximate surface area is 157 Å². The summed E-state index contributed by atoms with van der Waals surface area (Å²) >= 11 is 0. The van der Waals surface area contributed by atoms with Crippen LogP contribution in [-0.2, 0) is 14.9 Å². The van der Waals surface area contributed by atoms with Gasteiger partial charge in [-0.05, 0) is 22.5 Å².